The third-order valence-electron chi connectivity index (χ3n) is 3.66. The van der Waals surface area contributed by atoms with Crippen LogP contribution in [-0.4, -0.2) is 22.6 Å². The summed E-state index contributed by atoms with van der Waals surface area (Å²) >= 11 is 6.01. The lowest BCUT2D eigenvalue weighted by Gasteiger charge is -2.16. The van der Waals surface area contributed by atoms with E-state index in [0.29, 0.717) is 16.8 Å². The molecule has 1 aliphatic rings. The highest BCUT2D eigenvalue weighted by Gasteiger charge is 2.23. The van der Waals surface area contributed by atoms with Crippen molar-refractivity contribution in [1.29, 1.82) is 0 Å². The highest BCUT2D eigenvalue weighted by molar-refractivity contribution is 6.33. The number of hydrogen-bond acceptors (Lipinski definition) is 3. The first-order valence-corrected chi connectivity index (χ1v) is 6.58. The van der Waals surface area contributed by atoms with E-state index < -0.39 is 5.97 Å². The molecule has 1 fully saturated rings. The normalized spacial score (nSPS) is 23.0. The summed E-state index contributed by atoms with van der Waals surface area (Å²) in [5.41, 5.74) is 0.111. The van der Waals surface area contributed by atoms with Crippen molar-refractivity contribution in [2.75, 3.05) is 11.9 Å². The molecule has 0 amide bonds. The quantitative estimate of drug-likeness (QED) is 0.880. The smallest absolute Gasteiger partial charge is 0.337 e. The van der Waals surface area contributed by atoms with Crippen LogP contribution in [0.3, 0.4) is 0 Å². The molecule has 1 heterocycles. The largest absolute Gasteiger partial charge is 0.478 e. The van der Waals surface area contributed by atoms with Crippen LogP contribution in [0.4, 0.5) is 5.82 Å². The van der Waals surface area contributed by atoms with Gasteiger partial charge in [0.05, 0.1) is 10.6 Å². The second kappa shape index (κ2) is 5.57. The molecule has 2 rings (SSSR count). The molecular formula is C13H17ClN2O2. The molecule has 2 atom stereocenters. The molecule has 5 heteroatoms. The van der Waals surface area contributed by atoms with Gasteiger partial charge in [-0.15, -0.1) is 0 Å². The molecule has 2 N–H and O–H groups in total. The number of nitrogens with one attached hydrogen (secondary N) is 1. The fourth-order valence-electron chi connectivity index (χ4n) is 2.44. The first-order valence-electron chi connectivity index (χ1n) is 6.20. The summed E-state index contributed by atoms with van der Waals surface area (Å²) in [6.45, 7) is 3.11. The zero-order valence-electron chi connectivity index (χ0n) is 10.3. The Morgan fingerprint density at radius 2 is 2.39 bits per heavy atom. The second-order valence-corrected chi connectivity index (χ2v) is 5.32. The molecule has 1 aliphatic carbocycles. The molecule has 1 aromatic heterocycles. The number of anilines is 1. The van der Waals surface area contributed by atoms with Crippen LogP contribution in [0.5, 0.6) is 0 Å². The van der Waals surface area contributed by atoms with Gasteiger partial charge in [-0.3, -0.25) is 0 Å². The Labute approximate surface area is 111 Å². The van der Waals surface area contributed by atoms with Crippen molar-refractivity contribution < 1.29 is 9.90 Å². The van der Waals surface area contributed by atoms with Gasteiger partial charge in [0.2, 0.25) is 0 Å². The molecule has 0 aliphatic heterocycles. The number of carboxylic acids is 1. The number of halogens is 1. The average Bonchev–Trinajstić information content (AvgIpc) is 2.73. The summed E-state index contributed by atoms with van der Waals surface area (Å²) in [6.07, 6.45) is 5.13. The molecule has 4 nitrogen and oxygen atoms in total. The molecule has 0 spiro atoms. The number of rotatable bonds is 4. The Morgan fingerprint density at radius 1 is 1.61 bits per heavy atom. The van der Waals surface area contributed by atoms with Gasteiger partial charge in [0.1, 0.15) is 5.82 Å². The maximum Gasteiger partial charge on any atom is 0.337 e. The van der Waals surface area contributed by atoms with Crippen LogP contribution in [0, 0.1) is 11.8 Å². The van der Waals surface area contributed by atoms with Crippen molar-refractivity contribution in [3.05, 3.63) is 22.8 Å². The topological polar surface area (TPSA) is 62.2 Å². The van der Waals surface area contributed by atoms with E-state index in [4.69, 9.17) is 16.7 Å². The van der Waals surface area contributed by atoms with E-state index in [0.717, 1.165) is 12.5 Å². The summed E-state index contributed by atoms with van der Waals surface area (Å²) < 4.78 is 0. The minimum absolute atomic E-state index is 0.111. The highest BCUT2D eigenvalue weighted by Crippen LogP contribution is 2.31. The molecule has 98 valence electrons. The summed E-state index contributed by atoms with van der Waals surface area (Å²) in [4.78, 5) is 14.8. The van der Waals surface area contributed by atoms with Gasteiger partial charge >= 0.3 is 5.97 Å². The molecule has 18 heavy (non-hydrogen) atoms. The Balaban J connectivity index is 1.99. The molecule has 0 aromatic carbocycles. The van der Waals surface area contributed by atoms with Gasteiger partial charge in [-0.05, 0) is 24.3 Å². The SMILES string of the molecule is CC1CCCC1CNc1ncc(C(=O)O)cc1Cl. The average molecular weight is 269 g/mol. The van der Waals surface area contributed by atoms with Crippen molar-refractivity contribution in [2.24, 2.45) is 11.8 Å². The van der Waals surface area contributed by atoms with E-state index in [2.05, 4.69) is 17.2 Å². The van der Waals surface area contributed by atoms with Gasteiger partial charge < -0.3 is 10.4 Å². The van der Waals surface area contributed by atoms with Crippen LogP contribution in [-0.2, 0) is 0 Å². The predicted molar refractivity (Wildman–Crippen MR) is 71.2 cm³/mol. The van der Waals surface area contributed by atoms with E-state index in [9.17, 15) is 4.79 Å². The number of carboxylic acid groups (broad SMARTS) is 1. The maximum atomic E-state index is 10.8. The summed E-state index contributed by atoms with van der Waals surface area (Å²) in [7, 11) is 0. The van der Waals surface area contributed by atoms with E-state index in [1.165, 1.54) is 31.5 Å². The van der Waals surface area contributed by atoms with Crippen molar-refractivity contribution in [3.8, 4) is 0 Å². The van der Waals surface area contributed by atoms with Crippen LogP contribution in [0.25, 0.3) is 0 Å². The van der Waals surface area contributed by atoms with E-state index in [1.807, 2.05) is 0 Å². The minimum atomic E-state index is -1.01. The molecule has 0 bridgehead atoms. The highest BCUT2D eigenvalue weighted by atomic mass is 35.5. The third-order valence-corrected chi connectivity index (χ3v) is 3.95. The standard InChI is InChI=1S/C13H17ClN2O2/c1-8-3-2-4-9(8)6-15-12-11(14)5-10(7-16-12)13(17)18/h5,7-9H,2-4,6H2,1H3,(H,15,16)(H,17,18). The van der Waals surface area contributed by atoms with Gasteiger partial charge in [0.15, 0.2) is 0 Å². The summed E-state index contributed by atoms with van der Waals surface area (Å²) in [5.74, 6) is 0.942. The fourth-order valence-corrected chi connectivity index (χ4v) is 2.67. The second-order valence-electron chi connectivity index (χ2n) is 4.91. The molecule has 2 unspecified atom stereocenters. The van der Waals surface area contributed by atoms with Crippen LogP contribution in [0.15, 0.2) is 12.3 Å². The van der Waals surface area contributed by atoms with Crippen LogP contribution < -0.4 is 5.32 Å². The van der Waals surface area contributed by atoms with Gasteiger partial charge in [-0.1, -0.05) is 31.4 Å². The molecule has 1 aromatic rings. The third kappa shape index (κ3) is 2.93. The predicted octanol–water partition coefficient (Wildman–Crippen LogP) is 3.28. The van der Waals surface area contributed by atoms with Gasteiger partial charge in [-0.2, -0.15) is 0 Å². The monoisotopic (exact) mass is 268 g/mol. The lowest BCUT2D eigenvalue weighted by molar-refractivity contribution is 0.0696. The fraction of sp³-hybridized carbons (Fsp3) is 0.538. The first kappa shape index (κ1) is 13.1. The van der Waals surface area contributed by atoms with E-state index in [-0.39, 0.29) is 5.56 Å². The van der Waals surface area contributed by atoms with E-state index >= 15 is 0 Å². The first-order chi connectivity index (χ1) is 8.58. The van der Waals surface area contributed by atoms with Crippen molar-refractivity contribution >= 4 is 23.4 Å². The minimum Gasteiger partial charge on any atom is -0.478 e. The molecule has 0 radical (unpaired) electrons. The zero-order valence-corrected chi connectivity index (χ0v) is 11.1. The van der Waals surface area contributed by atoms with Gasteiger partial charge in [0.25, 0.3) is 0 Å². The summed E-state index contributed by atoms with van der Waals surface area (Å²) in [6, 6.07) is 1.43. The van der Waals surface area contributed by atoms with Gasteiger partial charge in [0, 0.05) is 12.7 Å². The molecular weight excluding hydrogens is 252 g/mol. The van der Waals surface area contributed by atoms with Crippen molar-refractivity contribution in [2.45, 2.75) is 26.2 Å². The van der Waals surface area contributed by atoms with Crippen molar-refractivity contribution in [3.63, 3.8) is 0 Å². The van der Waals surface area contributed by atoms with E-state index in [1.54, 1.807) is 0 Å². The summed E-state index contributed by atoms with van der Waals surface area (Å²) in [5, 5.41) is 12.4. The number of aromatic nitrogens is 1. The number of nitrogens with zero attached hydrogens (tertiary/aromatic N) is 1. The Hall–Kier alpha value is -1.29. The Kier molecular flexibility index (Phi) is 4.07. The lowest BCUT2D eigenvalue weighted by Crippen LogP contribution is -2.17. The Bertz CT molecular complexity index is 451. The van der Waals surface area contributed by atoms with Crippen LogP contribution >= 0.6 is 11.6 Å². The molecule has 0 saturated heterocycles. The number of pyridine rings is 1. The number of hydrogen-bond donors (Lipinski definition) is 2. The zero-order chi connectivity index (χ0) is 13.1. The molecule has 1 saturated carbocycles. The van der Waals surface area contributed by atoms with Crippen LogP contribution in [0.1, 0.15) is 36.5 Å². The van der Waals surface area contributed by atoms with Crippen LogP contribution in [0.2, 0.25) is 5.02 Å². The number of aromatic carboxylic acids is 1. The van der Waals surface area contributed by atoms with Gasteiger partial charge in [-0.25, -0.2) is 9.78 Å². The lowest BCUT2D eigenvalue weighted by atomic mass is 9.98. The van der Waals surface area contributed by atoms with Crippen molar-refractivity contribution in [1.82, 2.24) is 4.98 Å². The maximum absolute atomic E-state index is 10.8. The number of carbonyl (C=O) groups is 1. The Morgan fingerprint density at radius 3 is 2.94 bits per heavy atom.